The molecule has 2 heterocycles. The van der Waals surface area contributed by atoms with Crippen LogP contribution in [0.25, 0.3) is 0 Å². The zero-order valence-corrected chi connectivity index (χ0v) is 14.1. The molecule has 24 heavy (non-hydrogen) atoms. The molecule has 0 saturated heterocycles. The van der Waals surface area contributed by atoms with Crippen molar-refractivity contribution in [2.24, 2.45) is 0 Å². The lowest BCUT2D eigenvalue weighted by Gasteiger charge is -2.07. The predicted octanol–water partition coefficient (Wildman–Crippen LogP) is 1.72. The number of nitrogens with zero attached hydrogens (tertiary/aromatic N) is 6. The Labute approximate surface area is 141 Å². The first-order valence-electron chi connectivity index (χ1n) is 8.10. The lowest BCUT2D eigenvalue weighted by molar-refractivity contribution is 0.200. The zero-order valence-electron chi connectivity index (χ0n) is 14.1. The van der Waals surface area contributed by atoms with Gasteiger partial charge in [0, 0.05) is 13.5 Å². The Morgan fingerprint density at radius 3 is 2.38 bits per heavy atom. The minimum Gasteiger partial charge on any atom is -0.384 e. The van der Waals surface area contributed by atoms with Crippen LogP contribution in [0.2, 0.25) is 0 Å². The van der Waals surface area contributed by atoms with Gasteiger partial charge in [0.05, 0.1) is 19.7 Å². The van der Waals surface area contributed by atoms with E-state index in [9.17, 15) is 0 Å². The van der Waals surface area contributed by atoms with Crippen LogP contribution in [-0.4, -0.2) is 43.2 Å². The summed E-state index contributed by atoms with van der Waals surface area (Å²) in [6.07, 6.45) is 5.12. The number of aromatic nitrogens is 6. The summed E-state index contributed by atoms with van der Waals surface area (Å²) in [5, 5.41) is 12.3. The van der Waals surface area contributed by atoms with E-state index in [1.165, 1.54) is 11.1 Å². The SMILES string of the molecule is CCc1ccc(Cn2nc(CCOC)nc2Cn2cnnc2)cc1. The number of aryl methyl sites for hydroxylation is 1. The van der Waals surface area contributed by atoms with Crippen LogP contribution in [0, 0.1) is 0 Å². The molecule has 7 heteroatoms. The van der Waals surface area contributed by atoms with Crippen LogP contribution in [0.1, 0.15) is 29.7 Å². The van der Waals surface area contributed by atoms with Crippen molar-refractivity contribution < 1.29 is 4.74 Å². The molecule has 126 valence electrons. The summed E-state index contributed by atoms with van der Waals surface area (Å²) in [5.41, 5.74) is 2.54. The molecule has 0 N–H and O–H groups in total. The number of hydrogen-bond acceptors (Lipinski definition) is 5. The molecule has 0 aliphatic carbocycles. The molecule has 0 atom stereocenters. The van der Waals surface area contributed by atoms with Crippen molar-refractivity contribution >= 4 is 0 Å². The van der Waals surface area contributed by atoms with Crippen molar-refractivity contribution in [2.45, 2.75) is 32.9 Å². The molecule has 3 rings (SSSR count). The van der Waals surface area contributed by atoms with Gasteiger partial charge in [0.1, 0.15) is 18.5 Å². The third-order valence-corrected chi connectivity index (χ3v) is 3.88. The summed E-state index contributed by atoms with van der Waals surface area (Å²) < 4.78 is 8.97. The van der Waals surface area contributed by atoms with Crippen LogP contribution in [0.5, 0.6) is 0 Å². The summed E-state index contributed by atoms with van der Waals surface area (Å²) in [4.78, 5) is 4.65. The minimum absolute atomic E-state index is 0.597. The first-order valence-corrected chi connectivity index (χ1v) is 8.10. The normalized spacial score (nSPS) is 11.1. The highest BCUT2D eigenvalue weighted by atomic mass is 16.5. The van der Waals surface area contributed by atoms with Gasteiger partial charge in [-0.15, -0.1) is 10.2 Å². The molecule has 2 aromatic heterocycles. The standard InChI is InChI=1S/C17H22N6O/c1-3-14-4-6-15(7-5-14)10-23-17(11-22-12-18-19-13-22)20-16(21-23)8-9-24-2/h4-7,12-13H,3,8-11H2,1-2H3. The van der Waals surface area contributed by atoms with Gasteiger partial charge < -0.3 is 9.30 Å². The molecule has 7 nitrogen and oxygen atoms in total. The largest absolute Gasteiger partial charge is 0.384 e. The Hall–Kier alpha value is -2.54. The third-order valence-electron chi connectivity index (χ3n) is 3.88. The smallest absolute Gasteiger partial charge is 0.153 e. The van der Waals surface area contributed by atoms with Gasteiger partial charge >= 0.3 is 0 Å². The monoisotopic (exact) mass is 326 g/mol. The van der Waals surface area contributed by atoms with Gasteiger partial charge in [-0.25, -0.2) is 9.67 Å². The average Bonchev–Trinajstić information content (AvgIpc) is 3.24. The van der Waals surface area contributed by atoms with Gasteiger partial charge in [0.25, 0.3) is 0 Å². The maximum absolute atomic E-state index is 5.13. The van der Waals surface area contributed by atoms with Crippen LogP contribution in [0.4, 0.5) is 0 Å². The first kappa shape index (κ1) is 16.3. The topological polar surface area (TPSA) is 70.7 Å². The predicted molar refractivity (Wildman–Crippen MR) is 89.6 cm³/mol. The second-order valence-electron chi connectivity index (χ2n) is 5.65. The van der Waals surface area contributed by atoms with Crippen molar-refractivity contribution in [2.75, 3.05) is 13.7 Å². The summed E-state index contributed by atoms with van der Waals surface area (Å²) >= 11 is 0. The summed E-state index contributed by atoms with van der Waals surface area (Å²) in [6, 6.07) is 8.63. The first-order chi connectivity index (χ1) is 11.8. The second kappa shape index (κ2) is 7.83. The Bertz CT molecular complexity index is 748. The van der Waals surface area contributed by atoms with Crippen molar-refractivity contribution in [1.82, 2.24) is 29.5 Å². The Balaban J connectivity index is 1.81. The minimum atomic E-state index is 0.597. The lowest BCUT2D eigenvalue weighted by Crippen LogP contribution is -2.10. The van der Waals surface area contributed by atoms with E-state index in [1.807, 2.05) is 9.25 Å². The molecule has 0 bridgehead atoms. The average molecular weight is 326 g/mol. The highest BCUT2D eigenvalue weighted by Gasteiger charge is 2.11. The summed E-state index contributed by atoms with van der Waals surface area (Å²) in [7, 11) is 1.68. The highest BCUT2D eigenvalue weighted by molar-refractivity contribution is 5.22. The van der Waals surface area contributed by atoms with Gasteiger partial charge in [-0.05, 0) is 17.5 Å². The zero-order chi connectivity index (χ0) is 16.8. The van der Waals surface area contributed by atoms with Gasteiger partial charge in [-0.2, -0.15) is 5.10 Å². The molecule has 0 spiro atoms. The summed E-state index contributed by atoms with van der Waals surface area (Å²) in [5.74, 6) is 1.69. The molecular formula is C17H22N6O. The molecule has 1 aromatic carbocycles. The maximum Gasteiger partial charge on any atom is 0.153 e. The number of hydrogen-bond donors (Lipinski definition) is 0. The van der Waals surface area contributed by atoms with E-state index in [1.54, 1.807) is 19.8 Å². The van der Waals surface area contributed by atoms with Crippen molar-refractivity contribution in [1.29, 1.82) is 0 Å². The number of methoxy groups -OCH3 is 1. The van der Waals surface area contributed by atoms with E-state index in [-0.39, 0.29) is 0 Å². The highest BCUT2D eigenvalue weighted by Crippen LogP contribution is 2.10. The molecule has 0 radical (unpaired) electrons. The fourth-order valence-electron chi connectivity index (χ4n) is 2.49. The fraction of sp³-hybridized carbons (Fsp3) is 0.412. The van der Waals surface area contributed by atoms with Crippen molar-refractivity contribution in [3.63, 3.8) is 0 Å². The van der Waals surface area contributed by atoms with Crippen LogP contribution < -0.4 is 0 Å². The van der Waals surface area contributed by atoms with Crippen LogP contribution in [-0.2, 0) is 30.7 Å². The van der Waals surface area contributed by atoms with Gasteiger partial charge in [-0.1, -0.05) is 31.2 Å². The van der Waals surface area contributed by atoms with E-state index >= 15 is 0 Å². The Morgan fingerprint density at radius 1 is 1.00 bits per heavy atom. The Morgan fingerprint density at radius 2 is 1.71 bits per heavy atom. The number of rotatable bonds is 8. The maximum atomic E-state index is 5.13. The van der Waals surface area contributed by atoms with Crippen molar-refractivity contribution in [3.05, 3.63) is 59.7 Å². The summed E-state index contributed by atoms with van der Waals surface area (Å²) in [6.45, 7) is 4.06. The van der Waals surface area contributed by atoms with Gasteiger partial charge in [0.15, 0.2) is 5.82 Å². The van der Waals surface area contributed by atoms with Crippen LogP contribution in [0.3, 0.4) is 0 Å². The molecule has 0 amide bonds. The van der Waals surface area contributed by atoms with E-state index in [4.69, 9.17) is 4.74 Å². The molecule has 0 unspecified atom stereocenters. The van der Waals surface area contributed by atoms with Gasteiger partial charge in [0.2, 0.25) is 0 Å². The van der Waals surface area contributed by atoms with Crippen LogP contribution >= 0.6 is 0 Å². The molecule has 0 aliphatic rings. The molecule has 0 saturated carbocycles. The van der Waals surface area contributed by atoms with E-state index in [0.717, 1.165) is 18.1 Å². The van der Waals surface area contributed by atoms with Crippen LogP contribution in [0.15, 0.2) is 36.9 Å². The van der Waals surface area contributed by atoms with Crippen molar-refractivity contribution in [3.8, 4) is 0 Å². The number of ether oxygens (including phenoxy) is 1. The lowest BCUT2D eigenvalue weighted by atomic mass is 10.1. The fourth-order valence-corrected chi connectivity index (χ4v) is 2.49. The number of benzene rings is 1. The molecule has 0 fully saturated rings. The molecule has 3 aromatic rings. The Kier molecular flexibility index (Phi) is 5.32. The second-order valence-corrected chi connectivity index (χ2v) is 5.65. The van der Waals surface area contributed by atoms with E-state index < -0.39 is 0 Å². The quantitative estimate of drug-likeness (QED) is 0.630. The molecular weight excluding hydrogens is 304 g/mol. The van der Waals surface area contributed by atoms with Gasteiger partial charge in [-0.3, -0.25) is 0 Å². The molecule has 0 aliphatic heterocycles. The van der Waals surface area contributed by atoms with E-state index in [0.29, 0.717) is 26.1 Å². The third kappa shape index (κ3) is 4.05. The van der Waals surface area contributed by atoms with E-state index in [2.05, 4.69) is 51.5 Å².